The molecule has 0 spiro atoms. The van der Waals surface area contributed by atoms with Crippen LogP contribution in [-0.4, -0.2) is 46.7 Å². The molecule has 2 aromatic carbocycles. The highest BCUT2D eigenvalue weighted by Gasteiger charge is 2.26. The van der Waals surface area contributed by atoms with E-state index >= 15 is 0 Å². The summed E-state index contributed by atoms with van der Waals surface area (Å²) in [5, 5.41) is 7.28. The van der Waals surface area contributed by atoms with Crippen LogP contribution in [0, 0.1) is 12.8 Å². The summed E-state index contributed by atoms with van der Waals surface area (Å²) in [7, 11) is 0. The molecule has 186 valence electrons. The van der Waals surface area contributed by atoms with Crippen molar-refractivity contribution in [1.82, 2.24) is 20.4 Å². The molecule has 0 unspecified atom stereocenters. The quantitative estimate of drug-likeness (QED) is 0.424. The van der Waals surface area contributed by atoms with Crippen LogP contribution in [0.3, 0.4) is 0 Å². The van der Waals surface area contributed by atoms with E-state index in [2.05, 4.69) is 32.5 Å². The van der Waals surface area contributed by atoms with Crippen molar-refractivity contribution in [3.63, 3.8) is 0 Å². The third-order valence-corrected chi connectivity index (χ3v) is 6.38. The third-order valence-electron chi connectivity index (χ3n) is 6.38. The molecule has 1 saturated heterocycles. The van der Waals surface area contributed by atoms with E-state index in [1.165, 1.54) is 5.56 Å². The molecule has 1 aromatic heterocycles. The first kappa shape index (κ1) is 24.9. The van der Waals surface area contributed by atoms with Crippen LogP contribution in [0.2, 0.25) is 0 Å². The van der Waals surface area contributed by atoms with Crippen LogP contribution in [0.15, 0.2) is 53.1 Å². The lowest BCUT2D eigenvalue weighted by molar-refractivity contribution is -0.126. The maximum Gasteiger partial charge on any atom is 0.241 e. The average Bonchev–Trinajstić information content (AvgIpc) is 3.30. The highest BCUT2D eigenvalue weighted by Crippen LogP contribution is 2.22. The number of nitrogens with one attached hydrogen (secondary N) is 1. The van der Waals surface area contributed by atoms with Gasteiger partial charge in [0.2, 0.25) is 17.6 Å². The van der Waals surface area contributed by atoms with Gasteiger partial charge in [0.15, 0.2) is 0 Å². The van der Waals surface area contributed by atoms with Gasteiger partial charge in [0.05, 0.1) is 12.6 Å². The summed E-state index contributed by atoms with van der Waals surface area (Å²) in [6, 6.07) is 16.2. The number of carbonyl (C=O) groups excluding carboxylic acids is 1. The van der Waals surface area contributed by atoms with Crippen molar-refractivity contribution in [2.45, 2.75) is 59.1 Å². The van der Waals surface area contributed by atoms with Crippen LogP contribution in [0.4, 0.5) is 0 Å². The largest absolute Gasteiger partial charge is 0.491 e. The maximum atomic E-state index is 12.7. The first-order chi connectivity index (χ1) is 17.0. The highest BCUT2D eigenvalue weighted by atomic mass is 16.5. The van der Waals surface area contributed by atoms with E-state index in [0.717, 1.165) is 55.6 Å². The fraction of sp³-hybridized carbons (Fsp3) is 0.464. The molecule has 1 N–H and O–H groups in total. The van der Waals surface area contributed by atoms with Crippen LogP contribution in [0.1, 0.15) is 50.1 Å². The summed E-state index contributed by atoms with van der Waals surface area (Å²) in [5.74, 6) is 2.39. The second-order valence-electron chi connectivity index (χ2n) is 9.59. The Morgan fingerprint density at radius 1 is 1.17 bits per heavy atom. The van der Waals surface area contributed by atoms with Crippen LogP contribution >= 0.6 is 0 Å². The van der Waals surface area contributed by atoms with Crippen molar-refractivity contribution in [3.8, 4) is 17.1 Å². The van der Waals surface area contributed by atoms with Crippen molar-refractivity contribution >= 4 is 5.91 Å². The number of carbonyl (C=O) groups is 1. The molecule has 1 aliphatic heterocycles. The zero-order valence-corrected chi connectivity index (χ0v) is 21.0. The normalized spacial score (nSPS) is 14.9. The van der Waals surface area contributed by atoms with Gasteiger partial charge >= 0.3 is 0 Å². The van der Waals surface area contributed by atoms with Gasteiger partial charge in [-0.3, -0.25) is 9.69 Å². The summed E-state index contributed by atoms with van der Waals surface area (Å²) < 4.78 is 11.3. The number of nitrogens with zero attached hydrogens (tertiary/aromatic N) is 3. The fourth-order valence-corrected chi connectivity index (χ4v) is 4.49. The lowest BCUT2D eigenvalue weighted by atomic mass is 9.96. The SMILES string of the molecule is Cc1ccccc1-c1noc(CN2CCC(C(=O)NCCCc3cccc(OC(C)C)c3)CC2)n1. The first-order valence-electron chi connectivity index (χ1n) is 12.6. The number of aryl methyl sites for hydroxylation is 2. The summed E-state index contributed by atoms with van der Waals surface area (Å²) in [5.41, 5.74) is 3.35. The lowest BCUT2D eigenvalue weighted by Gasteiger charge is -2.30. The Kier molecular flexibility index (Phi) is 8.53. The van der Waals surface area contributed by atoms with Crippen molar-refractivity contribution in [2.75, 3.05) is 19.6 Å². The van der Waals surface area contributed by atoms with Gasteiger partial charge in [0, 0.05) is 18.0 Å². The molecule has 1 aliphatic rings. The molecule has 1 fully saturated rings. The molecule has 0 bridgehead atoms. The van der Waals surface area contributed by atoms with Gasteiger partial charge in [-0.25, -0.2) is 0 Å². The van der Waals surface area contributed by atoms with Gasteiger partial charge < -0.3 is 14.6 Å². The lowest BCUT2D eigenvalue weighted by Crippen LogP contribution is -2.40. The van der Waals surface area contributed by atoms with Gasteiger partial charge in [0.25, 0.3) is 0 Å². The number of likely N-dealkylation sites (tertiary alicyclic amines) is 1. The molecule has 7 heteroatoms. The second kappa shape index (κ2) is 12.0. The van der Waals surface area contributed by atoms with E-state index in [1.807, 2.05) is 57.2 Å². The number of hydrogen-bond donors (Lipinski definition) is 1. The van der Waals surface area contributed by atoms with E-state index in [9.17, 15) is 4.79 Å². The number of ether oxygens (including phenoxy) is 1. The monoisotopic (exact) mass is 476 g/mol. The number of amides is 1. The minimum absolute atomic E-state index is 0.0687. The molecule has 0 radical (unpaired) electrons. The predicted molar refractivity (Wildman–Crippen MR) is 136 cm³/mol. The Bertz CT molecular complexity index is 1100. The smallest absolute Gasteiger partial charge is 0.241 e. The van der Waals surface area contributed by atoms with Gasteiger partial charge in [-0.05, 0) is 82.8 Å². The van der Waals surface area contributed by atoms with Gasteiger partial charge in [-0.1, -0.05) is 41.6 Å². The summed E-state index contributed by atoms with van der Waals surface area (Å²) in [6.07, 6.45) is 3.69. The standard InChI is InChI=1S/C28H36N4O3/c1-20(2)34-24-11-6-9-22(18-24)10-7-15-29-28(33)23-13-16-32(17-14-23)19-26-30-27(31-35-26)25-12-5-4-8-21(25)3/h4-6,8-9,11-12,18,20,23H,7,10,13-17,19H2,1-3H3,(H,29,33). The minimum Gasteiger partial charge on any atom is -0.491 e. The van der Waals surface area contributed by atoms with Gasteiger partial charge in [0.1, 0.15) is 5.75 Å². The molecule has 3 aromatic rings. The van der Waals surface area contributed by atoms with Crippen LogP contribution < -0.4 is 10.1 Å². The molecular weight excluding hydrogens is 440 g/mol. The van der Waals surface area contributed by atoms with Crippen LogP contribution in [-0.2, 0) is 17.8 Å². The van der Waals surface area contributed by atoms with Crippen molar-refractivity contribution < 1.29 is 14.1 Å². The summed E-state index contributed by atoms with van der Waals surface area (Å²) >= 11 is 0. The maximum absolute atomic E-state index is 12.7. The van der Waals surface area contributed by atoms with E-state index in [-0.39, 0.29) is 17.9 Å². The number of benzene rings is 2. The molecule has 0 aliphatic carbocycles. The van der Waals surface area contributed by atoms with Crippen LogP contribution in [0.5, 0.6) is 5.75 Å². The molecule has 2 heterocycles. The molecular formula is C28H36N4O3. The topological polar surface area (TPSA) is 80.5 Å². The first-order valence-corrected chi connectivity index (χ1v) is 12.6. The Morgan fingerprint density at radius 2 is 1.97 bits per heavy atom. The average molecular weight is 477 g/mol. The summed E-state index contributed by atoms with van der Waals surface area (Å²) in [6.45, 7) is 9.11. The van der Waals surface area contributed by atoms with Crippen LogP contribution in [0.25, 0.3) is 11.4 Å². The predicted octanol–water partition coefficient (Wildman–Crippen LogP) is 4.79. The third kappa shape index (κ3) is 7.15. The zero-order valence-electron chi connectivity index (χ0n) is 21.0. The summed E-state index contributed by atoms with van der Waals surface area (Å²) in [4.78, 5) is 19.5. The molecule has 0 atom stereocenters. The van der Waals surface area contributed by atoms with E-state index < -0.39 is 0 Å². The number of hydrogen-bond acceptors (Lipinski definition) is 6. The zero-order chi connectivity index (χ0) is 24.6. The van der Waals surface area contributed by atoms with Crippen molar-refractivity contribution in [3.05, 3.63) is 65.5 Å². The molecule has 1 amide bonds. The molecule has 7 nitrogen and oxygen atoms in total. The minimum atomic E-state index is 0.0687. The Labute approximate surface area is 207 Å². The molecule has 4 rings (SSSR count). The number of aromatic nitrogens is 2. The molecule has 35 heavy (non-hydrogen) atoms. The van der Waals surface area contributed by atoms with E-state index in [1.54, 1.807) is 0 Å². The van der Waals surface area contributed by atoms with Gasteiger partial charge in [-0.15, -0.1) is 0 Å². The molecule has 0 saturated carbocycles. The fourth-order valence-electron chi connectivity index (χ4n) is 4.49. The second-order valence-corrected chi connectivity index (χ2v) is 9.59. The Balaban J connectivity index is 1.16. The Morgan fingerprint density at radius 3 is 2.74 bits per heavy atom. The van der Waals surface area contributed by atoms with Crippen molar-refractivity contribution in [2.24, 2.45) is 5.92 Å². The van der Waals surface area contributed by atoms with E-state index in [4.69, 9.17) is 9.26 Å². The number of rotatable bonds is 10. The highest BCUT2D eigenvalue weighted by molar-refractivity contribution is 5.78. The number of piperidine rings is 1. The van der Waals surface area contributed by atoms with E-state index in [0.29, 0.717) is 24.8 Å². The van der Waals surface area contributed by atoms with Crippen molar-refractivity contribution in [1.29, 1.82) is 0 Å². The Hall–Kier alpha value is -3.19. The van der Waals surface area contributed by atoms with Gasteiger partial charge in [-0.2, -0.15) is 4.98 Å².